The first-order valence-corrected chi connectivity index (χ1v) is 9.23. The summed E-state index contributed by atoms with van der Waals surface area (Å²) in [5, 5.41) is 0. The Kier molecular flexibility index (Phi) is 4.55. The first-order chi connectivity index (χ1) is 12.6. The van der Waals surface area contributed by atoms with Gasteiger partial charge in [0, 0.05) is 23.5 Å². The normalized spacial score (nSPS) is 15.4. The first kappa shape index (κ1) is 16.9. The Morgan fingerprint density at radius 2 is 1.88 bits per heavy atom. The molecule has 2 heterocycles. The molecule has 0 saturated heterocycles. The number of benzene rings is 2. The van der Waals surface area contributed by atoms with Crippen LogP contribution in [-0.4, -0.2) is 24.0 Å². The molecule has 1 aliphatic heterocycles. The molecule has 0 N–H and O–H groups in total. The Hall–Kier alpha value is -2.53. The van der Waals surface area contributed by atoms with Crippen LogP contribution in [0.4, 0.5) is 0 Å². The summed E-state index contributed by atoms with van der Waals surface area (Å²) in [6.07, 6.45) is 0.153. The smallest absolute Gasteiger partial charge is 0.264 e. The van der Waals surface area contributed by atoms with Crippen LogP contribution in [0.1, 0.15) is 11.3 Å². The van der Waals surface area contributed by atoms with Gasteiger partial charge in [-0.1, -0.05) is 46.3 Å². The molecule has 132 valence electrons. The maximum atomic E-state index is 12.7. The number of furan rings is 1. The van der Waals surface area contributed by atoms with Gasteiger partial charge in [-0.05, 0) is 35.9 Å². The molecule has 0 radical (unpaired) electrons. The van der Waals surface area contributed by atoms with Gasteiger partial charge in [-0.2, -0.15) is 0 Å². The van der Waals surface area contributed by atoms with Crippen LogP contribution >= 0.6 is 15.9 Å². The number of halogens is 1. The van der Waals surface area contributed by atoms with Crippen molar-refractivity contribution in [2.45, 2.75) is 19.1 Å². The molecular weight excluding hydrogens is 394 g/mol. The van der Waals surface area contributed by atoms with Crippen molar-refractivity contribution in [3.05, 3.63) is 76.5 Å². The summed E-state index contributed by atoms with van der Waals surface area (Å²) in [5.41, 5.74) is 2.08. The van der Waals surface area contributed by atoms with Crippen LogP contribution in [0.5, 0.6) is 5.75 Å². The van der Waals surface area contributed by atoms with Crippen molar-refractivity contribution in [1.29, 1.82) is 0 Å². The summed E-state index contributed by atoms with van der Waals surface area (Å²) in [4.78, 5) is 14.3. The number of para-hydroxylation sites is 1. The van der Waals surface area contributed by atoms with Gasteiger partial charge in [0.15, 0.2) is 6.10 Å². The number of amides is 1. The van der Waals surface area contributed by atoms with Gasteiger partial charge in [-0.15, -0.1) is 0 Å². The first-order valence-electron chi connectivity index (χ1n) is 8.44. The molecule has 5 heteroatoms. The Bertz CT molecular complexity index is 907. The number of likely N-dealkylation sites (N-methyl/N-ethyl adjacent to an activating group) is 1. The van der Waals surface area contributed by atoms with Crippen LogP contribution in [0.3, 0.4) is 0 Å². The van der Waals surface area contributed by atoms with E-state index in [1.165, 1.54) is 0 Å². The molecule has 0 bridgehead atoms. The summed E-state index contributed by atoms with van der Waals surface area (Å²) in [5.74, 6) is 2.30. The highest BCUT2D eigenvalue weighted by molar-refractivity contribution is 9.10. The fourth-order valence-electron chi connectivity index (χ4n) is 3.11. The molecule has 0 fully saturated rings. The topological polar surface area (TPSA) is 42.7 Å². The third kappa shape index (κ3) is 3.40. The SMILES string of the molecule is CN(Cc1ccc(-c2ccc(Br)cc2)o1)C(=O)[C@@H]1Cc2ccccc2O1. The van der Waals surface area contributed by atoms with Crippen molar-refractivity contribution in [2.75, 3.05) is 7.05 Å². The molecule has 1 aliphatic rings. The molecule has 4 nitrogen and oxygen atoms in total. The summed E-state index contributed by atoms with van der Waals surface area (Å²) in [6, 6.07) is 19.6. The van der Waals surface area contributed by atoms with Gasteiger partial charge < -0.3 is 14.1 Å². The number of nitrogens with zero attached hydrogens (tertiary/aromatic N) is 1. The second-order valence-corrected chi connectivity index (χ2v) is 7.30. The summed E-state index contributed by atoms with van der Waals surface area (Å²) >= 11 is 3.43. The monoisotopic (exact) mass is 411 g/mol. The maximum absolute atomic E-state index is 12.7. The lowest BCUT2D eigenvalue weighted by atomic mass is 10.1. The summed E-state index contributed by atoms with van der Waals surface area (Å²) < 4.78 is 12.7. The highest BCUT2D eigenvalue weighted by Gasteiger charge is 2.31. The average molecular weight is 412 g/mol. The lowest BCUT2D eigenvalue weighted by Gasteiger charge is -2.19. The molecule has 0 aliphatic carbocycles. The van der Waals surface area contributed by atoms with Crippen LogP contribution in [0.15, 0.2) is 69.6 Å². The Balaban J connectivity index is 1.41. The van der Waals surface area contributed by atoms with E-state index in [1.807, 2.05) is 60.7 Å². The van der Waals surface area contributed by atoms with Crippen LogP contribution < -0.4 is 4.74 Å². The fourth-order valence-corrected chi connectivity index (χ4v) is 3.37. The van der Waals surface area contributed by atoms with Gasteiger partial charge in [-0.25, -0.2) is 0 Å². The van der Waals surface area contributed by atoms with E-state index in [9.17, 15) is 4.79 Å². The van der Waals surface area contributed by atoms with E-state index >= 15 is 0 Å². The molecular formula is C21H18BrNO3. The van der Waals surface area contributed by atoms with Crippen molar-refractivity contribution in [1.82, 2.24) is 4.90 Å². The van der Waals surface area contributed by atoms with Crippen molar-refractivity contribution in [2.24, 2.45) is 0 Å². The van der Waals surface area contributed by atoms with Gasteiger partial charge in [0.1, 0.15) is 17.3 Å². The molecule has 26 heavy (non-hydrogen) atoms. The molecule has 2 aromatic carbocycles. The zero-order chi connectivity index (χ0) is 18.1. The zero-order valence-corrected chi connectivity index (χ0v) is 15.9. The largest absolute Gasteiger partial charge is 0.480 e. The van der Waals surface area contributed by atoms with Gasteiger partial charge in [0.25, 0.3) is 5.91 Å². The maximum Gasteiger partial charge on any atom is 0.264 e. The van der Waals surface area contributed by atoms with E-state index in [4.69, 9.17) is 9.15 Å². The van der Waals surface area contributed by atoms with E-state index in [2.05, 4.69) is 15.9 Å². The average Bonchev–Trinajstić information content (AvgIpc) is 3.28. The van der Waals surface area contributed by atoms with Gasteiger partial charge >= 0.3 is 0 Å². The standard InChI is InChI=1S/C21H18BrNO3/c1-23(21(24)20-12-15-4-2-3-5-18(15)26-20)13-17-10-11-19(25-17)14-6-8-16(22)9-7-14/h2-11,20H,12-13H2,1H3/t20-/m0/s1. The van der Waals surface area contributed by atoms with E-state index < -0.39 is 6.10 Å². The Morgan fingerprint density at radius 3 is 2.65 bits per heavy atom. The second-order valence-electron chi connectivity index (χ2n) is 6.39. The molecule has 1 atom stereocenters. The van der Waals surface area contributed by atoms with Crippen LogP contribution in [0.25, 0.3) is 11.3 Å². The van der Waals surface area contributed by atoms with Crippen molar-refractivity contribution >= 4 is 21.8 Å². The van der Waals surface area contributed by atoms with E-state index in [1.54, 1.807) is 11.9 Å². The number of hydrogen-bond donors (Lipinski definition) is 0. The van der Waals surface area contributed by atoms with Gasteiger partial charge in [-0.3, -0.25) is 4.79 Å². The zero-order valence-electron chi connectivity index (χ0n) is 14.3. The fraction of sp³-hybridized carbons (Fsp3) is 0.190. The van der Waals surface area contributed by atoms with Gasteiger partial charge in [0.05, 0.1) is 6.54 Å². The van der Waals surface area contributed by atoms with Crippen LogP contribution in [0.2, 0.25) is 0 Å². The number of carbonyl (C=O) groups excluding carboxylic acids is 1. The predicted molar refractivity (Wildman–Crippen MR) is 103 cm³/mol. The summed E-state index contributed by atoms with van der Waals surface area (Å²) in [6.45, 7) is 0.408. The van der Waals surface area contributed by atoms with Crippen molar-refractivity contribution < 1.29 is 13.9 Å². The third-order valence-corrected chi connectivity index (χ3v) is 5.01. The molecule has 0 unspecified atom stereocenters. The molecule has 3 aromatic rings. The molecule has 1 aromatic heterocycles. The minimum absolute atomic E-state index is 0.0391. The highest BCUT2D eigenvalue weighted by Crippen LogP contribution is 2.29. The molecule has 1 amide bonds. The lowest BCUT2D eigenvalue weighted by Crippen LogP contribution is -2.38. The molecule has 0 saturated carbocycles. The quantitative estimate of drug-likeness (QED) is 0.626. The molecule has 4 rings (SSSR count). The Labute approximate surface area is 160 Å². The van der Waals surface area contributed by atoms with Crippen LogP contribution in [-0.2, 0) is 17.8 Å². The summed E-state index contributed by atoms with van der Waals surface area (Å²) in [7, 11) is 1.77. The number of carbonyl (C=O) groups is 1. The van der Waals surface area contributed by atoms with E-state index in [0.29, 0.717) is 13.0 Å². The number of ether oxygens (including phenoxy) is 1. The highest BCUT2D eigenvalue weighted by atomic mass is 79.9. The molecule has 0 spiro atoms. The second kappa shape index (κ2) is 7.00. The van der Waals surface area contributed by atoms with Crippen LogP contribution in [0, 0.1) is 0 Å². The van der Waals surface area contributed by atoms with Crippen molar-refractivity contribution in [3.8, 4) is 17.1 Å². The number of hydrogen-bond acceptors (Lipinski definition) is 3. The van der Waals surface area contributed by atoms with E-state index in [0.717, 1.165) is 32.9 Å². The van der Waals surface area contributed by atoms with Gasteiger partial charge in [0.2, 0.25) is 0 Å². The van der Waals surface area contributed by atoms with E-state index in [-0.39, 0.29) is 5.91 Å². The lowest BCUT2D eigenvalue weighted by molar-refractivity contribution is -0.137. The Morgan fingerprint density at radius 1 is 1.12 bits per heavy atom. The minimum atomic E-state index is -0.460. The number of rotatable bonds is 4. The number of fused-ring (bicyclic) bond motifs is 1. The minimum Gasteiger partial charge on any atom is -0.480 e. The predicted octanol–water partition coefficient (Wildman–Crippen LogP) is 4.67. The third-order valence-electron chi connectivity index (χ3n) is 4.48. The van der Waals surface area contributed by atoms with Crippen molar-refractivity contribution in [3.63, 3.8) is 0 Å².